The summed E-state index contributed by atoms with van der Waals surface area (Å²) in [6, 6.07) is 5.16. The molecule has 1 aliphatic carbocycles. The molecule has 1 aromatic carbocycles. The van der Waals surface area contributed by atoms with E-state index in [9.17, 15) is 4.39 Å². The number of hydrogen-bond acceptors (Lipinski definition) is 1. The van der Waals surface area contributed by atoms with E-state index in [-0.39, 0.29) is 5.82 Å². The van der Waals surface area contributed by atoms with Crippen molar-refractivity contribution in [1.29, 1.82) is 0 Å². The first-order chi connectivity index (χ1) is 8.70. The van der Waals surface area contributed by atoms with Crippen LogP contribution in [0.1, 0.15) is 37.7 Å². The molecule has 1 unspecified atom stereocenters. The van der Waals surface area contributed by atoms with Crippen LogP contribution < -0.4 is 5.32 Å². The van der Waals surface area contributed by atoms with Crippen molar-refractivity contribution in [3.63, 3.8) is 0 Å². The summed E-state index contributed by atoms with van der Waals surface area (Å²) < 4.78 is 13.2. The third-order valence-electron chi connectivity index (χ3n) is 4.07. The van der Waals surface area contributed by atoms with Gasteiger partial charge in [-0.1, -0.05) is 24.4 Å². The molecule has 0 bridgehead atoms. The molecule has 1 atom stereocenters. The molecule has 0 radical (unpaired) electrons. The lowest BCUT2D eigenvalue weighted by Crippen LogP contribution is -2.32. The number of hydrogen-bond donors (Lipinski definition) is 1. The van der Waals surface area contributed by atoms with E-state index >= 15 is 0 Å². The number of benzene rings is 1. The van der Waals surface area contributed by atoms with Crippen LogP contribution in [0.2, 0.25) is 5.02 Å². The molecule has 0 heterocycles. The fourth-order valence-electron chi connectivity index (χ4n) is 3.02. The zero-order valence-electron chi connectivity index (χ0n) is 10.9. The normalized spacial score (nSPS) is 18.2. The van der Waals surface area contributed by atoms with Crippen LogP contribution >= 0.6 is 11.6 Å². The average molecular weight is 270 g/mol. The molecule has 2 rings (SSSR count). The third kappa shape index (κ3) is 3.46. The first kappa shape index (κ1) is 13.8. The van der Waals surface area contributed by atoms with Crippen molar-refractivity contribution in [2.75, 3.05) is 7.05 Å². The van der Waals surface area contributed by atoms with Crippen LogP contribution in [0.25, 0.3) is 0 Å². The number of rotatable bonds is 5. The van der Waals surface area contributed by atoms with Crippen molar-refractivity contribution < 1.29 is 4.39 Å². The van der Waals surface area contributed by atoms with E-state index in [1.807, 2.05) is 7.05 Å². The lowest BCUT2D eigenvalue weighted by atomic mass is 9.92. The number of halogens is 2. The molecule has 18 heavy (non-hydrogen) atoms. The molecule has 0 amide bonds. The van der Waals surface area contributed by atoms with Gasteiger partial charge in [0.2, 0.25) is 0 Å². The lowest BCUT2D eigenvalue weighted by Gasteiger charge is -2.23. The summed E-state index contributed by atoms with van der Waals surface area (Å²) in [7, 11) is 2.02. The Kier molecular flexibility index (Phi) is 5.02. The maximum atomic E-state index is 13.2. The van der Waals surface area contributed by atoms with Crippen LogP contribution in [0.5, 0.6) is 0 Å². The van der Waals surface area contributed by atoms with Crippen molar-refractivity contribution in [3.8, 4) is 0 Å². The van der Waals surface area contributed by atoms with Gasteiger partial charge in [-0.2, -0.15) is 0 Å². The molecule has 1 nitrogen and oxygen atoms in total. The lowest BCUT2D eigenvalue weighted by molar-refractivity contribution is 0.360. The van der Waals surface area contributed by atoms with Crippen molar-refractivity contribution in [2.45, 2.75) is 44.6 Å². The Bertz CT molecular complexity index is 388. The summed E-state index contributed by atoms with van der Waals surface area (Å²) in [5, 5.41) is 4.09. The minimum absolute atomic E-state index is 0.198. The minimum Gasteiger partial charge on any atom is -0.317 e. The highest BCUT2D eigenvalue weighted by Gasteiger charge is 2.23. The van der Waals surface area contributed by atoms with Crippen LogP contribution in [-0.4, -0.2) is 13.1 Å². The average Bonchev–Trinajstić information content (AvgIpc) is 2.88. The van der Waals surface area contributed by atoms with Gasteiger partial charge in [-0.3, -0.25) is 0 Å². The van der Waals surface area contributed by atoms with Crippen LogP contribution in [0.4, 0.5) is 4.39 Å². The molecule has 3 heteroatoms. The highest BCUT2D eigenvalue weighted by Crippen LogP contribution is 2.30. The molecule has 1 saturated carbocycles. The molecular weight excluding hydrogens is 249 g/mol. The Labute approximate surface area is 114 Å². The van der Waals surface area contributed by atoms with Gasteiger partial charge in [0.25, 0.3) is 0 Å². The molecule has 1 aromatic rings. The predicted octanol–water partition coefficient (Wildman–Crippen LogP) is 4.19. The zero-order valence-corrected chi connectivity index (χ0v) is 11.6. The first-order valence-corrected chi connectivity index (χ1v) is 7.19. The standard InChI is InChI=1S/C15H21ClFN/c1-18-15(11-4-2-3-5-11)9-6-12-10-13(17)7-8-14(12)16/h7-8,10-11,15,18H,2-6,9H2,1H3. The summed E-state index contributed by atoms with van der Waals surface area (Å²) in [6.45, 7) is 0. The van der Waals surface area contributed by atoms with Crippen molar-refractivity contribution >= 4 is 11.6 Å². The van der Waals surface area contributed by atoms with Gasteiger partial charge < -0.3 is 5.32 Å². The summed E-state index contributed by atoms with van der Waals surface area (Å²) >= 11 is 6.10. The van der Waals surface area contributed by atoms with Crippen LogP contribution in [0.3, 0.4) is 0 Å². The van der Waals surface area contributed by atoms with Crippen molar-refractivity contribution in [3.05, 3.63) is 34.6 Å². The van der Waals surface area contributed by atoms with Crippen molar-refractivity contribution in [2.24, 2.45) is 5.92 Å². The molecule has 1 N–H and O–H groups in total. The minimum atomic E-state index is -0.198. The second kappa shape index (κ2) is 6.53. The predicted molar refractivity (Wildman–Crippen MR) is 74.5 cm³/mol. The van der Waals surface area contributed by atoms with Crippen LogP contribution in [0, 0.1) is 11.7 Å². The maximum absolute atomic E-state index is 13.2. The SMILES string of the molecule is CNC(CCc1cc(F)ccc1Cl)C1CCCC1. The van der Waals surface area contributed by atoms with Gasteiger partial charge in [0.1, 0.15) is 5.82 Å². The second-order valence-corrected chi connectivity index (χ2v) is 5.62. The van der Waals surface area contributed by atoms with E-state index < -0.39 is 0 Å². The second-order valence-electron chi connectivity index (χ2n) is 5.21. The number of aryl methyl sites for hydroxylation is 1. The third-order valence-corrected chi connectivity index (χ3v) is 4.44. The quantitative estimate of drug-likeness (QED) is 0.845. The largest absolute Gasteiger partial charge is 0.317 e. The van der Waals surface area contributed by atoms with E-state index in [1.165, 1.54) is 31.7 Å². The van der Waals surface area contributed by atoms with E-state index in [1.54, 1.807) is 12.1 Å². The van der Waals surface area contributed by atoms with Crippen LogP contribution in [0.15, 0.2) is 18.2 Å². The molecular formula is C15H21ClFN. The van der Waals surface area contributed by atoms with Crippen LogP contribution in [-0.2, 0) is 6.42 Å². The highest BCUT2D eigenvalue weighted by molar-refractivity contribution is 6.31. The maximum Gasteiger partial charge on any atom is 0.123 e. The molecule has 1 fully saturated rings. The smallest absolute Gasteiger partial charge is 0.123 e. The number of nitrogens with one attached hydrogen (secondary N) is 1. The van der Waals surface area contributed by atoms with Crippen molar-refractivity contribution in [1.82, 2.24) is 5.32 Å². The molecule has 0 aliphatic heterocycles. The Morgan fingerprint density at radius 1 is 1.39 bits per heavy atom. The Balaban J connectivity index is 1.94. The summed E-state index contributed by atoms with van der Waals surface area (Å²) in [5.41, 5.74) is 0.926. The molecule has 0 spiro atoms. The summed E-state index contributed by atoms with van der Waals surface area (Å²) in [5.74, 6) is 0.582. The van der Waals surface area contributed by atoms with E-state index in [0.717, 1.165) is 24.3 Å². The van der Waals surface area contributed by atoms with Gasteiger partial charge in [-0.05, 0) is 62.4 Å². The van der Waals surface area contributed by atoms with Gasteiger partial charge in [0.15, 0.2) is 0 Å². The zero-order chi connectivity index (χ0) is 13.0. The highest BCUT2D eigenvalue weighted by atomic mass is 35.5. The topological polar surface area (TPSA) is 12.0 Å². The summed E-state index contributed by atoms with van der Waals surface area (Å²) in [6.07, 6.45) is 7.22. The van der Waals surface area contributed by atoms with Gasteiger partial charge in [0.05, 0.1) is 0 Å². The Hall–Kier alpha value is -0.600. The van der Waals surface area contributed by atoms with Gasteiger partial charge in [0, 0.05) is 11.1 Å². The molecule has 100 valence electrons. The Morgan fingerprint density at radius 3 is 2.78 bits per heavy atom. The van der Waals surface area contributed by atoms with Gasteiger partial charge in [-0.25, -0.2) is 4.39 Å². The molecule has 1 aliphatic rings. The van der Waals surface area contributed by atoms with Gasteiger partial charge >= 0.3 is 0 Å². The Morgan fingerprint density at radius 2 is 2.11 bits per heavy atom. The van der Waals surface area contributed by atoms with E-state index in [2.05, 4.69) is 5.32 Å². The molecule has 0 saturated heterocycles. The monoisotopic (exact) mass is 269 g/mol. The van der Waals surface area contributed by atoms with Gasteiger partial charge in [-0.15, -0.1) is 0 Å². The molecule has 0 aromatic heterocycles. The first-order valence-electron chi connectivity index (χ1n) is 6.82. The fourth-order valence-corrected chi connectivity index (χ4v) is 3.23. The van der Waals surface area contributed by atoms with E-state index in [4.69, 9.17) is 11.6 Å². The van der Waals surface area contributed by atoms with E-state index in [0.29, 0.717) is 11.1 Å². The summed E-state index contributed by atoms with van der Waals surface area (Å²) in [4.78, 5) is 0. The fraction of sp³-hybridized carbons (Fsp3) is 0.600.